The number of furan rings is 1. The van der Waals surface area contributed by atoms with E-state index >= 15 is 0 Å². The number of benzene rings is 1. The molecule has 0 N–H and O–H groups in total. The molecule has 0 unspecified atom stereocenters. The zero-order chi connectivity index (χ0) is 19.8. The molecule has 0 aliphatic carbocycles. The lowest BCUT2D eigenvalue weighted by Gasteiger charge is -2.38. The lowest BCUT2D eigenvalue weighted by molar-refractivity contribution is 0.0840. The fraction of sp³-hybridized carbons (Fsp3) is 0.304. The Kier molecular flexibility index (Phi) is 4.66. The second-order valence-corrected chi connectivity index (χ2v) is 7.90. The Morgan fingerprint density at radius 1 is 1.03 bits per heavy atom. The van der Waals surface area contributed by atoms with Crippen LogP contribution < -0.4 is 0 Å². The Hall–Kier alpha value is -2.96. The lowest BCUT2D eigenvalue weighted by Crippen LogP contribution is -2.46. The molecule has 29 heavy (non-hydrogen) atoms. The average molecular weight is 387 g/mol. The zero-order valence-corrected chi connectivity index (χ0v) is 16.8. The van der Waals surface area contributed by atoms with Crippen molar-refractivity contribution >= 4 is 5.52 Å². The Balaban J connectivity index is 1.42. The van der Waals surface area contributed by atoms with Crippen molar-refractivity contribution in [3.05, 3.63) is 78.0 Å². The van der Waals surface area contributed by atoms with E-state index in [1.54, 1.807) is 6.26 Å². The van der Waals surface area contributed by atoms with Gasteiger partial charge in [0.2, 0.25) is 0 Å². The van der Waals surface area contributed by atoms with Crippen molar-refractivity contribution in [3.8, 4) is 11.1 Å². The number of aryl methyl sites for hydroxylation is 1. The SMILES string of the molecule is Cc1ccc(-c2ccc3c([C@H]4CN(Cc5ccco5)CCN4C)nnn3c2)cc1. The van der Waals surface area contributed by atoms with Crippen LogP contribution in [0.4, 0.5) is 0 Å². The van der Waals surface area contributed by atoms with Crippen molar-refractivity contribution in [2.24, 2.45) is 0 Å². The molecule has 1 aromatic carbocycles. The number of aromatic nitrogens is 3. The van der Waals surface area contributed by atoms with E-state index in [1.807, 2.05) is 16.6 Å². The van der Waals surface area contributed by atoms with Gasteiger partial charge in [-0.25, -0.2) is 4.52 Å². The summed E-state index contributed by atoms with van der Waals surface area (Å²) in [6.45, 7) is 5.85. The van der Waals surface area contributed by atoms with E-state index in [9.17, 15) is 0 Å². The van der Waals surface area contributed by atoms with E-state index < -0.39 is 0 Å². The summed E-state index contributed by atoms with van der Waals surface area (Å²) in [5.74, 6) is 1.00. The highest BCUT2D eigenvalue weighted by atomic mass is 16.3. The molecule has 4 heterocycles. The summed E-state index contributed by atoms with van der Waals surface area (Å²) >= 11 is 0. The van der Waals surface area contributed by atoms with Crippen molar-refractivity contribution in [2.75, 3.05) is 26.7 Å². The largest absolute Gasteiger partial charge is 0.468 e. The fourth-order valence-corrected chi connectivity index (χ4v) is 4.06. The van der Waals surface area contributed by atoms with E-state index in [0.717, 1.165) is 48.7 Å². The number of hydrogen-bond donors (Lipinski definition) is 0. The van der Waals surface area contributed by atoms with Gasteiger partial charge in [0.15, 0.2) is 0 Å². The molecular formula is C23H25N5O. The van der Waals surface area contributed by atoms with Gasteiger partial charge >= 0.3 is 0 Å². The van der Waals surface area contributed by atoms with Crippen LogP contribution in [0.3, 0.4) is 0 Å². The first-order chi connectivity index (χ1) is 14.2. The number of pyridine rings is 1. The van der Waals surface area contributed by atoms with Crippen molar-refractivity contribution in [1.82, 2.24) is 24.6 Å². The summed E-state index contributed by atoms with van der Waals surface area (Å²) < 4.78 is 7.44. The molecule has 1 aliphatic heterocycles. The molecule has 0 radical (unpaired) electrons. The first-order valence-electron chi connectivity index (χ1n) is 10.0. The molecule has 3 aromatic heterocycles. The van der Waals surface area contributed by atoms with Crippen molar-refractivity contribution in [2.45, 2.75) is 19.5 Å². The first kappa shape index (κ1) is 18.1. The number of rotatable bonds is 4. The van der Waals surface area contributed by atoms with Gasteiger partial charge in [-0.15, -0.1) is 5.10 Å². The molecule has 5 rings (SSSR count). The number of piperazine rings is 1. The molecule has 6 heteroatoms. The third-order valence-electron chi connectivity index (χ3n) is 5.83. The monoisotopic (exact) mass is 387 g/mol. The quantitative estimate of drug-likeness (QED) is 0.533. The Labute approximate surface area is 170 Å². The number of hydrogen-bond acceptors (Lipinski definition) is 5. The molecular weight excluding hydrogens is 362 g/mol. The van der Waals surface area contributed by atoms with Gasteiger partial charge in [-0.3, -0.25) is 9.80 Å². The fourth-order valence-electron chi connectivity index (χ4n) is 4.06. The number of fused-ring (bicyclic) bond motifs is 1. The van der Waals surface area contributed by atoms with E-state index in [1.165, 1.54) is 11.1 Å². The summed E-state index contributed by atoms with van der Waals surface area (Å²) in [5, 5.41) is 9.01. The van der Waals surface area contributed by atoms with Crippen LogP contribution in [0.2, 0.25) is 0 Å². The molecule has 1 aliphatic rings. The van der Waals surface area contributed by atoms with Crippen LogP contribution in [0.5, 0.6) is 0 Å². The van der Waals surface area contributed by atoms with Crippen molar-refractivity contribution in [1.29, 1.82) is 0 Å². The normalized spacial score (nSPS) is 18.5. The van der Waals surface area contributed by atoms with Gasteiger partial charge in [-0.2, -0.15) is 0 Å². The lowest BCUT2D eigenvalue weighted by atomic mass is 10.0. The van der Waals surface area contributed by atoms with Crippen LogP contribution in [-0.2, 0) is 6.54 Å². The Bertz CT molecular complexity index is 1100. The van der Waals surface area contributed by atoms with Gasteiger partial charge in [-0.05, 0) is 37.7 Å². The highest BCUT2D eigenvalue weighted by Gasteiger charge is 2.29. The third-order valence-corrected chi connectivity index (χ3v) is 5.83. The Morgan fingerprint density at radius 3 is 2.66 bits per heavy atom. The number of likely N-dealkylation sites (N-methyl/N-ethyl adjacent to an activating group) is 1. The summed E-state index contributed by atoms with van der Waals surface area (Å²) in [6.07, 6.45) is 3.81. The predicted molar refractivity (Wildman–Crippen MR) is 113 cm³/mol. The molecule has 0 spiro atoms. The average Bonchev–Trinajstić information content (AvgIpc) is 3.39. The summed E-state index contributed by atoms with van der Waals surface area (Å²) in [4.78, 5) is 4.80. The maximum atomic E-state index is 5.53. The smallest absolute Gasteiger partial charge is 0.117 e. The minimum atomic E-state index is 0.210. The molecule has 1 fully saturated rings. The predicted octanol–water partition coefficient (Wildman–Crippen LogP) is 3.79. The van der Waals surface area contributed by atoms with Crippen LogP contribution in [0.1, 0.15) is 23.1 Å². The van der Waals surface area contributed by atoms with Crippen LogP contribution in [0.25, 0.3) is 16.6 Å². The zero-order valence-electron chi connectivity index (χ0n) is 16.8. The highest BCUT2D eigenvalue weighted by Crippen LogP contribution is 2.28. The second-order valence-electron chi connectivity index (χ2n) is 7.90. The van der Waals surface area contributed by atoms with Gasteiger partial charge in [0.05, 0.1) is 24.4 Å². The number of nitrogens with zero attached hydrogens (tertiary/aromatic N) is 5. The molecule has 0 saturated carbocycles. The molecule has 148 valence electrons. The summed E-state index contributed by atoms with van der Waals surface area (Å²) in [7, 11) is 2.17. The van der Waals surface area contributed by atoms with Crippen LogP contribution >= 0.6 is 0 Å². The minimum absolute atomic E-state index is 0.210. The van der Waals surface area contributed by atoms with Crippen molar-refractivity contribution in [3.63, 3.8) is 0 Å². The van der Waals surface area contributed by atoms with Gasteiger partial charge in [0, 0.05) is 31.4 Å². The van der Waals surface area contributed by atoms with Crippen LogP contribution in [0.15, 0.2) is 65.4 Å². The van der Waals surface area contributed by atoms with Gasteiger partial charge in [0.1, 0.15) is 11.5 Å². The molecule has 1 atom stereocenters. The van der Waals surface area contributed by atoms with Crippen molar-refractivity contribution < 1.29 is 4.42 Å². The van der Waals surface area contributed by atoms with E-state index in [4.69, 9.17) is 4.42 Å². The molecule has 0 amide bonds. The Morgan fingerprint density at radius 2 is 1.86 bits per heavy atom. The standard InChI is InChI=1S/C23H25N5O/c1-17-5-7-18(8-6-17)19-9-10-21-23(24-25-28(21)14-19)22-16-27(12-11-26(22)2)15-20-4-3-13-29-20/h3-10,13-14,22H,11-12,15-16H2,1-2H3/t22-/m1/s1. The third kappa shape index (κ3) is 3.57. The topological polar surface area (TPSA) is 49.8 Å². The van der Waals surface area contributed by atoms with Crippen LogP contribution in [0, 0.1) is 6.92 Å². The maximum Gasteiger partial charge on any atom is 0.117 e. The second kappa shape index (κ2) is 7.46. The van der Waals surface area contributed by atoms with E-state index in [2.05, 4.69) is 76.7 Å². The molecule has 4 aromatic rings. The van der Waals surface area contributed by atoms with Gasteiger partial charge < -0.3 is 4.42 Å². The summed E-state index contributed by atoms with van der Waals surface area (Å²) in [6, 6.07) is 17.1. The molecule has 0 bridgehead atoms. The van der Waals surface area contributed by atoms with Crippen LogP contribution in [-0.4, -0.2) is 51.3 Å². The van der Waals surface area contributed by atoms with Gasteiger partial charge in [0.25, 0.3) is 0 Å². The molecule has 6 nitrogen and oxygen atoms in total. The summed E-state index contributed by atoms with van der Waals surface area (Å²) in [5.41, 5.74) is 5.70. The van der Waals surface area contributed by atoms with E-state index in [-0.39, 0.29) is 6.04 Å². The first-order valence-corrected chi connectivity index (χ1v) is 10.0. The minimum Gasteiger partial charge on any atom is -0.468 e. The molecule has 1 saturated heterocycles. The maximum absolute atomic E-state index is 5.53. The highest BCUT2D eigenvalue weighted by molar-refractivity contribution is 5.66. The van der Waals surface area contributed by atoms with Gasteiger partial charge in [-0.1, -0.05) is 41.1 Å². The van der Waals surface area contributed by atoms with E-state index in [0.29, 0.717) is 0 Å².